The SMILES string of the molecule is COC[C@@H](NC(=O)N[C@H](C(=O)N1C[C@H]2[C@@H]([C@H]1C(=O)NC(CC1CC1)C(=O)C(N)=O)C2(C)C)C1(C)CCCCC1)C(C)C. The normalized spacial score (nSPS) is 27.8. The fourth-order valence-electron chi connectivity index (χ4n) is 7.43. The van der Waals surface area contributed by atoms with Crippen LogP contribution in [0.15, 0.2) is 0 Å². The number of nitrogens with one attached hydrogen (secondary N) is 3. The zero-order valence-corrected chi connectivity index (χ0v) is 26.2. The van der Waals surface area contributed by atoms with Crippen molar-refractivity contribution in [2.75, 3.05) is 20.3 Å². The molecule has 4 rings (SSSR count). The van der Waals surface area contributed by atoms with Crippen LogP contribution in [0.1, 0.15) is 86.0 Å². The fraction of sp³-hybridized carbons (Fsp3) is 0.839. The smallest absolute Gasteiger partial charge is 0.315 e. The van der Waals surface area contributed by atoms with E-state index in [1.54, 1.807) is 12.0 Å². The number of Topliss-reactive ketones (excluding diaryl/α,β-unsaturated/α-hetero) is 1. The van der Waals surface area contributed by atoms with Crippen molar-refractivity contribution in [3.05, 3.63) is 0 Å². The molecule has 0 radical (unpaired) electrons. The van der Waals surface area contributed by atoms with Gasteiger partial charge in [0.05, 0.1) is 18.7 Å². The maximum atomic E-state index is 14.5. The van der Waals surface area contributed by atoms with Gasteiger partial charge >= 0.3 is 6.03 Å². The number of methoxy groups -OCH3 is 1. The molecule has 0 aromatic rings. The number of carbonyl (C=O) groups excluding carboxylic acids is 5. The minimum absolute atomic E-state index is 0.0765. The quantitative estimate of drug-likeness (QED) is 0.241. The lowest BCUT2D eigenvalue weighted by Crippen LogP contribution is -2.63. The fourth-order valence-corrected chi connectivity index (χ4v) is 7.43. The summed E-state index contributed by atoms with van der Waals surface area (Å²) in [6.45, 7) is 11.0. The van der Waals surface area contributed by atoms with Gasteiger partial charge in [-0.05, 0) is 53.8 Å². The van der Waals surface area contributed by atoms with E-state index in [1.165, 1.54) is 0 Å². The molecule has 0 aromatic carbocycles. The van der Waals surface area contributed by atoms with E-state index in [-0.39, 0.29) is 41.0 Å². The van der Waals surface area contributed by atoms with Crippen LogP contribution >= 0.6 is 0 Å². The highest BCUT2D eigenvalue weighted by Gasteiger charge is 2.70. The predicted molar refractivity (Wildman–Crippen MR) is 157 cm³/mol. The van der Waals surface area contributed by atoms with Crippen molar-refractivity contribution in [2.45, 2.75) is 110 Å². The van der Waals surface area contributed by atoms with Gasteiger partial charge in [-0.2, -0.15) is 0 Å². The molecule has 5 N–H and O–H groups in total. The average Bonchev–Trinajstić information content (AvgIpc) is 3.78. The molecule has 236 valence electrons. The molecule has 4 fully saturated rings. The molecule has 11 nitrogen and oxygen atoms in total. The molecule has 5 amide bonds. The Morgan fingerprint density at radius 3 is 2.17 bits per heavy atom. The molecule has 1 aliphatic heterocycles. The molecule has 0 spiro atoms. The summed E-state index contributed by atoms with van der Waals surface area (Å²) in [7, 11) is 1.59. The number of hydrogen-bond donors (Lipinski definition) is 4. The monoisotopic (exact) mass is 589 g/mol. The van der Waals surface area contributed by atoms with Crippen molar-refractivity contribution in [2.24, 2.45) is 40.2 Å². The van der Waals surface area contributed by atoms with E-state index in [0.717, 1.165) is 44.9 Å². The Morgan fingerprint density at radius 2 is 1.62 bits per heavy atom. The third-order valence-electron chi connectivity index (χ3n) is 10.6. The van der Waals surface area contributed by atoms with Crippen molar-refractivity contribution < 1.29 is 28.7 Å². The Kier molecular flexibility index (Phi) is 9.59. The number of fused-ring (bicyclic) bond motifs is 1. The van der Waals surface area contributed by atoms with Crippen LogP contribution in [0.25, 0.3) is 0 Å². The number of piperidine rings is 1. The highest BCUT2D eigenvalue weighted by atomic mass is 16.5. The number of primary amides is 1. The van der Waals surface area contributed by atoms with Gasteiger partial charge in [0.15, 0.2) is 0 Å². The van der Waals surface area contributed by atoms with E-state index < -0.39 is 47.2 Å². The van der Waals surface area contributed by atoms with Crippen LogP contribution in [0, 0.1) is 34.5 Å². The highest BCUT2D eigenvalue weighted by molar-refractivity contribution is 6.37. The molecule has 0 aromatic heterocycles. The molecular weight excluding hydrogens is 538 g/mol. The third kappa shape index (κ3) is 6.76. The van der Waals surface area contributed by atoms with Gasteiger partial charge in [0.2, 0.25) is 17.6 Å². The first-order valence-electron chi connectivity index (χ1n) is 15.7. The van der Waals surface area contributed by atoms with Crippen molar-refractivity contribution in [3.63, 3.8) is 0 Å². The van der Waals surface area contributed by atoms with Gasteiger partial charge < -0.3 is 31.3 Å². The molecule has 3 aliphatic carbocycles. The molecule has 3 saturated carbocycles. The van der Waals surface area contributed by atoms with Gasteiger partial charge in [0.25, 0.3) is 5.91 Å². The summed E-state index contributed by atoms with van der Waals surface area (Å²) in [6, 6.07) is -3.27. The van der Waals surface area contributed by atoms with Gasteiger partial charge in [0, 0.05) is 13.7 Å². The maximum absolute atomic E-state index is 14.5. The van der Waals surface area contributed by atoms with Gasteiger partial charge in [-0.1, -0.05) is 66.7 Å². The Labute approximate surface area is 249 Å². The zero-order chi connectivity index (χ0) is 31.0. The Balaban J connectivity index is 1.58. The standard InChI is InChI=1S/C31H51N5O6/c1-17(2)21(16-42-6)34-29(41)35-25(31(5)12-8-7-9-13-31)28(40)36-15-19-22(30(19,3)4)23(36)27(39)33-20(14-18-10-11-18)24(37)26(32)38/h17-23,25H,7-16H2,1-6H3,(H2,32,38)(H,33,39)(H2,34,35,41)/t19-,20?,21+,22-,23-,25+/m0/s1. The molecule has 11 heteroatoms. The summed E-state index contributed by atoms with van der Waals surface area (Å²) >= 11 is 0. The zero-order valence-electron chi connectivity index (χ0n) is 26.2. The number of nitrogens with zero attached hydrogens (tertiary/aromatic N) is 1. The number of urea groups is 1. The first-order chi connectivity index (χ1) is 19.7. The summed E-state index contributed by atoms with van der Waals surface area (Å²) in [6.07, 6.45) is 6.83. The summed E-state index contributed by atoms with van der Waals surface area (Å²) in [4.78, 5) is 67.7. The second-order valence-electron chi connectivity index (χ2n) is 14.4. The Morgan fingerprint density at radius 1 is 0.976 bits per heavy atom. The molecule has 42 heavy (non-hydrogen) atoms. The van der Waals surface area contributed by atoms with E-state index in [2.05, 4.69) is 36.7 Å². The van der Waals surface area contributed by atoms with Crippen molar-refractivity contribution in [1.82, 2.24) is 20.9 Å². The number of carbonyl (C=O) groups is 5. The lowest BCUT2D eigenvalue weighted by Gasteiger charge is -2.43. The second-order valence-corrected chi connectivity index (χ2v) is 14.4. The van der Waals surface area contributed by atoms with Crippen LogP contribution in [0.5, 0.6) is 0 Å². The van der Waals surface area contributed by atoms with E-state index in [4.69, 9.17) is 10.5 Å². The lowest BCUT2D eigenvalue weighted by atomic mass is 9.70. The van der Waals surface area contributed by atoms with E-state index >= 15 is 0 Å². The molecule has 1 unspecified atom stereocenters. The predicted octanol–water partition coefficient (Wildman–Crippen LogP) is 2.12. The molecule has 1 saturated heterocycles. The number of rotatable bonds is 13. The maximum Gasteiger partial charge on any atom is 0.315 e. The largest absolute Gasteiger partial charge is 0.383 e. The number of amides is 5. The molecule has 4 aliphatic rings. The first kappa shape index (κ1) is 32.2. The Bertz CT molecular complexity index is 1070. The van der Waals surface area contributed by atoms with Crippen LogP contribution in [0.2, 0.25) is 0 Å². The Hall–Kier alpha value is -2.69. The summed E-state index contributed by atoms with van der Waals surface area (Å²) < 4.78 is 5.29. The van der Waals surface area contributed by atoms with Crippen LogP contribution < -0.4 is 21.7 Å². The van der Waals surface area contributed by atoms with Gasteiger partial charge in [0.1, 0.15) is 12.1 Å². The average molecular weight is 590 g/mol. The molecule has 6 atom stereocenters. The van der Waals surface area contributed by atoms with Gasteiger partial charge in [-0.25, -0.2) is 4.79 Å². The van der Waals surface area contributed by atoms with E-state index in [9.17, 15) is 24.0 Å². The van der Waals surface area contributed by atoms with Crippen molar-refractivity contribution >= 4 is 29.5 Å². The van der Waals surface area contributed by atoms with Crippen LogP contribution in [-0.2, 0) is 23.9 Å². The second kappa shape index (κ2) is 12.5. The molecule has 0 bridgehead atoms. The van der Waals surface area contributed by atoms with Crippen LogP contribution in [0.4, 0.5) is 4.79 Å². The van der Waals surface area contributed by atoms with Crippen LogP contribution in [0.3, 0.4) is 0 Å². The lowest BCUT2D eigenvalue weighted by molar-refractivity contribution is -0.145. The minimum atomic E-state index is -1.07. The van der Waals surface area contributed by atoms with Crippen LogP contribution in [-0.4, -0.2) is 78.9 Å². The summed E-state index contributed by atoms with van der Waals surface area (Å²) in [5.74, 6) is -2.12. The number of ether oxygens (including phenoxy) is 1. The summed E-state index contributed by atoms with van der Waals surface area (Å²) in [5.41, 5.74) is 4.70. The van der Waals surface area contributed by atoms with Crippen molar-refractivity contribution in [3.8, 4) is 0 Å². The topological polar surface area (TPSA) is 160 Å². The first-order valence-corrected chi connectivity index (χ1v) is 15.7. The van der Waals surface area contributed by atoms with Gasteiger partial charge in [-0.3, -0.25) is 19.2 Å². The van der Waals surface area contributed by atoms with E-state index in [1.807, 2.05) is 13.8 Å². The van der Waals surface area contributed by atoms with E-state index in [0.29, 0.717) is 19.6 Å². The number of ketones is 1. The minimum Gasteiger partial charge on any atom is -0.383 e. The molecule has 1 heterocycles. The molecular formula is C31H51N5O6. The van der Waals surface area contributed by atoms with Gasteiger partial charge in [-0.15, -0.1) is 0 Å². The van der Waals surface area contributed by atoms with Crippen molar-refractivity contribution in [1.29, 1.82) is 0 Å². The number of nitrogens with two attached hydrogens (primary N) is 1. The number of hydrogen-bond acceptors (Lipinski definition) is 6. The number of likely N-dealkylation sites (tertiary alicyclic amines) is 1. The summed E-state index contributed by atoms with van der Waals surface area (Å²) in [5, 5.41) is 8.82. The highest BCUT2D eigenvalue weighted by Crippen LogP contribution is 2.65. The third-order valence-corrected chi connectivity index (χ3v) is 10.6.